The Morgan fingerprint density at radius 3 is 1.79 bits per heavy atom. The lowest BCUT2D eigenvalue weighted by Crippen LogP contribution is -2.06. The second-order valence-corrected chi connectivity index (χ2v) is 14.4. The fourth-order valence-corrected chi connectivity index (χ4v) is 8.13. The maximum atomic E-state index is 7.00. The van der Waals surface area contributed by atoms with E-state index in [1.165, 1.54) is 60.4 Å². The number of benzene rings is 8. The third kappa shape index (κ3) is 6.70. The summed E-state index contributed by atoms with van der Waals surface area (Å²) in [5, 5.41) is 4.83. The van der Waals surface area contributed by atoms with E-state index in [0.717, 1.165) is 27.9 Å². The highest BCUT2D eigenvalue weighted by Crippen LogP contribution is 2.41. The minimum absolute atomic E-state index is 0.682. The van der Waals surface area contributed by atoms with Crippen molar-refractivity contribution in [1.82, 2.24) is 9.13 Å². The molecule has 3 heteroatoms. The Kier molecular flexibility index (Phi) is 9.56. The molecule has 0 spiro atoms. The molecule has 0 amide bonds. The van der Waals surface area contributed by atoms with Crippen molar-refractivity contribution in [2.45, 2.75) is 13.8 Å². The number of aryl methyl sites for hydroxylation is 1. The molecule has 274 valence electrons. The van der Waals surface area contributed by atoms with Crippen LogP contribution in [0.3, 0.4) is 0 Å². The number of aromatic nitrogens is 2. The molecule has 57 heavy (non-hydrogen) atoms. The summed E-state index contributed by atoms with van der Waals surface area (Å²) in [7, 11) is 0. The number of hydrogen-bond donors (Lipinski definition) is 1. The summed E-state index contributed by atoms with van der Waals surface area (Å²) in [6, 6.07) is 70.9. The maximum Gasteiger partial charge on any atom is 0.108 e. The van der Waals surface area contributed by atoms with E-state index in [4.69, 9.17) is 5.73 Å². The van der Waals surface area contributed by atoms with Gasteiger partial charge in [0.2, 0.25) is 0 Å². The molecule has 8 aromatic carbocycles. The van der Waals surface area contributed by atoms with Gasteiger partial charge in [-0.25, -0.2) is 0 Å². The van der Waals surface area contributed by atoms with Crippen molar-refractivity contribution in [2.24, 2.45) is 5.73 Å². The summed E-state index contributed by atoms with van der Waals surface area (Å²) in [5.41, 5.74) is 21.0. The first-order chi connectivity index (χ1) is 28.1. The summed E-state index contributed by atoms with van der Waals surface area (Å²) in [6.07, 6.45) is 4.20. The van der Waals surface area contributed by atoms with Gasteiger partial charge in [-0.3, -0.25) is 4.57 Å². The molecule has 2 aromatic heterocycles. The highest BCUT2D eigenvalue weighted by Gasteiger charge is 2.18. The lowest BCUT2D eigenvalue weighted by molar-refractivity contribution is 1.18. The van der Waals surface area contributed by atoms with Gasteiger partial charge in [0.15, 0.2) is 0 Å². The average Bonchev–Trinajstić information content (AvgIpc) is 3.79. The van der Waals surface area contributed by atoms with Gasteiger partial charge in [-0.2, -0.15) is 0 Å². The molecular weight excluding hydrogens is 691 g/mol. The molecule has 10 rings (SSSR count). The van der Waals surface area contributed by atoms with Crippen LogP contribution in [0.2, 0.25) is 0 Å². The van der Waals surface area contributed by atoms with Crippen molar-refractivity contribution in [1.29, 1.82) is 0 Å². The molecule has 10 aromatic rings. The monoisotopic (exact) mass is 733 g/mol. The van der Waals surface area contributed by atoms with Crippen molar-refractivity contribution >= 4 is 55.0 Å². The zero-order valence-corrected chi connectivity index (χ0v) is 32.2. The SMILES string of the molecule is C/C=C(\C=C(/N)n1c2ccccc2c2c(-c3ccc4c(c3)c3ccccc3n4-c3cccc(-c4ccccc4)c3)cccc21)c1ccccc1.Cc1ccccc1. The Labute approximate surface area is 333 Å². The molecule has 0 unspecified atom stereocenters. The molecule has 0 aliphatic carbocycles. The molecular formula is C54H43N3. The predicted molar refractivity (Wildman–Crippen MR) is 244 cm³/mol. The van der Waals surface area contributed by atoms with E-state index in [9.17, 15) is 0 Å². The van der Waals surface area contributed by atoms with Crippen molar-refractivity contribution in [3.63, 3.8) is 0 Å². The van der Waals surface area contributed by atoms with Gasteiger partial charge in [0.1, 0.15) is 5.82 Å². The fraction of sp³-hybridized carbons (Fsp3) is 0.0370. The van der Waals surface area contributed by atoms with Crippen molar-refractivity contribution in [3.05, 3.63) is 223 Å². The Balaban J connectivity index is 0.000000548. The van der Waals surface area contributed by atoms with Crippen LogP contribution in [-0.4, -0.2) is 9.13 Å². The van der Waals surface area contributed by atoms with E-state index in [-0.39, 0.29) is 0 Å². The standard InChI is InChI=1S/C47H35N3.C7H8/c1-2-32(33-15-5-3-6-16-33)31-46(48)50-43-25-12-10-22-40(43)47-38(23-14-26-45(47)50)36-27-28-44-41(30-36)39-21-9-11-24-42(39)49(44)37-20-13-19-35(29-37)34-17-7-4-8-18-34;1-7-5-3-2-4-6-7/h2-31H,48H2,1H3;2-6H,1H3/b32-2+,46-31+;. The van der Waals surface area contributed by atoms with Crippen LogP contribution in [0, 0.1) is 6.92 Å². The lowest BCUT2D eigenvalue weighted by atomic mass is 9.98. The summed E-state index contributed by atoms with van der Waals surface area (Å²) < 4.78 is 4.59. The first-order valence-electron chi connectivity index (χ1n) is 19.5. The summed E-state index contributed by atoms with van der Waals surface area (Å²) in [4.78, 5) is 0. The van der Waals surface area contributed by atoms with E-state index in [1.54, 1.807) is 0 Å². The van der Waals surface area contributed by atoms with Crippen LogP contribution in [0.1, 0.15) is 18.1 Å². The van der Waals surface area contributed by atoms with Crippen LogP contribution in [-0.2, 0) is 0 Å². The summed E-state index contributed by atoms with van der Waals surface area (Å²) in [6.45, 7) is 4.14. The first-order valence-corrected chi connectivity index (χ1v) is 19.5. The minimum atomic E-state index is 0.682. The number of nitrogens with two attached hydrogens (primary N) is 1. The smallest absolute Gasteiger partial charge is 0.108 e. The van der Waals surface area contributed by atoms with Gasteiger partial charge in [0, 0.05) is 27.2 Å². The highest BCUT2D eigenvalue weighted by atomic mass is 15.1. The normalized spacial score (nSPS) is 12.0. The van der Waals surface area contributed by atoms with Gasteiger partial charge < -0.3 is 10.3 Å². The maximum absolute atomic E-state index is 7.00. The first kappa shape index (κ1) is 35.3. The summed E-state index contributed by atoms with van der Waals surface area (Å²) >= 11 is 0. The molecule has 0 saturated carbocycles. The molecule has 0 saturated heterocycles. The molecule has 2 heterocycles. The Hall–Kier alpha value is -7.36. The number of allylic oxidation sites excluding steroid dienone is 3. The third-order valence-corrected chi connectivity index (χ3v) is 10.8. The van der Waals surface area contributed by atoms with Crippen molar-refractivity contribution < 1.29 is 0 Å². The van der Waals surface area contributed by atoms with E-state index < -0.39 is 0 Å². The Morgan fingerprint density at radius 1 is 0.474 bits per heavy atom. The second-order valence-electron chi connectivity index (χ2n) is 14.4. The Bertz CT molecular complexity index is 3070. The van der Waals surface area contributed by atoms with E-state index in [1.807, 2.05) is 24.3 Å². The van der Waals surface area contributed by atoms with Crippen LogP contribution < -0.4 is 5.73 Å². The molecule has 0 atom stereocenters. The molecule has 0 fully saturated rings. The van der Waals surface area contributed by atoms with Crippen LogP contribution in [0.5, 0.6) is 0 Å². The second kappa shape index (κ2) is 15.4. The predicted octanol–water partition coefficient (Wildman–Crippen LogP) is 14.1. The number of para-hydroxylation sites is 2. The van der Waals surface area contributed by atoms with Crippen LogP contribution in [0.15, 0.2) is 212 Å². The minimum Gasteiger partial charge on any atom is -0.385 e. The van der Waals surface area contributed by atoms with Crippen molar-refractivity contribution in [3.8, 4) is 27.9 Å². The van der Waals surface area contributed by atoms with Crippen LogP contribution in [0.25, 0.3) is 82.9 Å². The average molecular weight is 734 g/mol. The number of nitrogens with zero attached hydrogens (tertiary/aromatic N) is 2. The number of hydrogen-bond acceptors (Lipinski definition) is 1. The summed E-state index contributed by atoms with van der Waals surface area (Å²) in [5.74, 6) is 0.682. The van der Waals surface area contributed by atoms with Crippen molar-refractivity contribution in [2.75, 3.05) is 0 Å². The van der Waals surface area contributed by atoms with E-state index in [2.05, 4.69) is 211 Å². The third-order valence-electron chi connectivity index (χ3n) is 10.8. The largest absolute Gasteiger partial charge is 0.385 e. The van der Waals surface area contributed by atoms with E-state index in [0.29, 0.717) is 5.82 Å². The van der Waals surface area contributed by atoms with Gasteiger partial charge in [-0.1, -0.05) is 169 Å². The van der Waals surface area contributed by atoms with Gasteiger partial charge >= 0.3 is 0 Å². The Morgan fingerprint density at radius 2 is 1.07 bits per heavy atom. The fourth-order valence-electron chi connectivity index (χ4n) is 8.13. The molecule has 3 nitrogen and oxygen atoms in total. The molecule has 0 bridgehead atoms. The topological polar surface area (TPSA) is 35.9 Å². The van der Waals surface area contributed by atoms with Gasteiger partial charge in [-0.05, 0) is 95.8 Å². The zero-order chi connectivity index (χ0) is 38.7. The van der Waals surface area contributed by atoms with Crippen LogP contribution in [0.4, 0.5) is 0 Å². The van der Waals surface area contributed by atoms with Crippen LogP contribution >= 0.6 is 0 Å². The van der Waals surface area contributed by atoms with Gasteiger partial charge in [0.25, 0.3) is 0 Å². The number of fused-ring (bicyclic) bond motifs is 6. The quantitative estimate of drug-likeness (QED) is 0.170. The zero-order valence-electron chi connectivity index (χ0n) is 32.2. The molecule has 0 aliphatic heterocycles. The molecule has 0 aliphatic rings. The van der Waals surface area contributed by atoms with Gasteiger partial charge in [-0.15, -0.1) is 0 Å². The van der Waals surface area contributed by atoms with Gasteiger partial charge in [0.05, 0.1) is 22.1 Å². The molecule has 0 radical (unpaired) electrons. The lowest BCUT2D eigenvalue weighted by Gasteiger charge is -2.11. The number of rotatable bonds is 6. The van der Waals surface area contributed by atoms with E-state index >= 15 is 0 Å². The highest BCUT2D eigenvalue weighted by molar-refractivity contribution is 6.18. The molecule has 2 N–H and O–H groups in total.